The number of fused-ring (bicyclic) bond motifs is 3. The number of benzene rings is 1. The topological polar surface area (TPSA) is 103 Å². The van der Waals surface area contributed by atoms with E-state index in [1.54, 1.807) is 0 Å². The lowest BCUT2D eigenvalue weighted by molar-refractivity contribution is -0.120. The quantitative estimate of drug-likeness (QED) is 0.288. The number of carbonyl (C=O) groups is 1. The van der Waals surface area contributed by atoms with Gasteiger partial charge in [0.25, 0.3) is 0 Å². The predicted molar refractivity (Wildman–Crippen MR) is 162 cm³/mol. The molecule has 2 aromatic heterocycles. The van der Waals surface area contributed by atoms with E-state index in [4.69, 9.17) is 23.6 Å². The average Bonchev–Trinajstić information content (AvgIpc) is 3.57. The maximum absolute atomic E-state index is 13.5. The molecule has 228 valence electrons. The minimum atomic E-state index is 0.0307. The van der Waals surface area contributed by atoms with Crippen LogP contribution in [-0.2, 0) is 21.4 Å². The van der Waals surface area contributed by atoms with Crippen molar-refractivity contribution in [2.75, 3.05) is 18.5 Å². The van der Waals surface area contributed by atoms with E-state index in [0.717, 1.165) is 131 Å². The Labute approximate surface area is 253 Å². The normalized spacial score (nSPS) is 28.3. The number of hydrogen-bond acceptors (Lipinski definition) is 7. The Bertz CT molecular complexity index is 1440. The lowest BCUT2D eigenvalue weighted by Crippen LogP contribution is -2.45. The van der Waals surface area contributed by atoms with Gasteiger partial charge in [0.1, 0.15) is 0 Å². The first-order valence-electron chi connectivity index (χ1n) is 16.9. The first-order valence-corrected chi connectivity index (χ1v) is 16.9. The molecule has 0 atom stereocenters. The first kappa shape index (κ1) is 27.5. The van der Waals surface area contributed by atoms with Crippen LogP contribution in [0.15, 0.2) is 33.3 Å². The van der Waals surface area contributed by atoms with Crippen LogP contribution in [0.25, 0.3) is 11.3 Å². The van der Waals surface area contributed by atoms with Crippen LogP contribution in [0.2, 0.25) is 0 Å². The van der Waals surface area contributed by atoms with Crippen molar-refractivity contribution in [2.45, 2.75) is 120 Å². The fraction of sp³-hybridized carbons (Fsp3) is 0.657. The Morgan fingerprint density at radius 1 is 0.907 bits per heavy atom. The van der Waals surface area contributed by atoms with Crippen LogP contribution in [0.4, 0.5) is 5.69 Å². The number of carbonyl (C=O) groups excluding carboxylic acids is 1. The Balaban J connectivity index is 1.08. The van der Waals surface area contributed by atoms with Crippen molar-refractivity contribution in [1.82, 2.24) is 15.1 Å². The van der Waals surface area contributed by atoms with Crippen molar-refractivity contribution in [3.63, 3.8) is 0 Å². The summed E-state index contributed by atoms with van der Waals surface area (Å²) in [4.78, 5) is 23.1. The Hall–Kier alpha value is -3.00. The molecule has 1 N–H and O–H groups in total. The van der Waals surface area contributed by atoms with Gasteiger partial charge in [0.15, 0.2) is 17.5 Å². The molecule has 1 aliphatic heterocycles. The van der Waals surface area contributed by atoms with E-state index in [1.807, 2.05) is 6.20 Å². The van der Waals surface area contributed by atoms with Gasteiger partial charge in [-0.2, -0.15) is 4.98 Å². The van der Waals surface area contributed by atoms with Crippen molar-refractivity contribution in [2.24, 2.45) is 11.3 Å². The van der Waals surface area contributed by atoms with Gasteiger partial charge in [0.2, 0.25) is 11.8 Å². The lowest BCUT2D eigenvalue weighted by Gasteiger charge is -2.52. The van der Waals surface area contributed by atoms with Crippen LogP contribution in [0, 0.1) is 11.3 Å². The second-order valence-electron chi connectivity index (χ2n) is 14.3. The Morgan fingerprint density at radius 3 is 2.42 bits per heavy atom. The van der Waals surface area contributed by atoms with Gasteiger partial charge in [-0.3, -0.25) is 4.79 Å². The van der Waals surface area contributed by atoms with Gasteiger partial charge < -0.3 is 19.0 Å². The average molecular weight is 585 g/mol. The number of nitrogens with zero attached hydrogens (tertiary/aromatic N) is 3. The van der Waals surface area contributed by atoms with Gasteiger partial charge in [-0.05, 0) is 101 Å². The summed E-state index contributed by atoms with van der Waals surface area (Å²) in [5.74, 6) is 4.51. The molecule has 1 amide bonds. The van der Waals surface area contributed by atoms with Crippen molar-refractivity contribution < 1.29 is 18.5 Å². The summed E-state index contributed by atoms with van der Waals surface area (Å²) >= 11 is 0. The highest BCUT2D eigenvalue weighted by atomic mass is 16.5. The number of hydrogen-bond donors (Lipinski definition) is 1. The zero-order chi connectivity index (χ0) is 28.9. The fourth-order valence-electron chi connectivity index (χ4n) is 8.45. The summed E-state index contributed by atoms with van der Waals surface area (Å²) < 4.78 is 17.9. The maximum atomic E-state index is 13.5. The highest BCUT2D eigenvalue weighted by Gasteiger charge is 2.52. The number of anilines is 1. The molecule has 2 bridgehead atoms. The summed E-state index contributed by atoms with van der Waals surface area (Å²) in [5, 5.41) is 7.76. The van der Waals surface area contributed by atoms with E-state index in [2.05, 4.69) is 28.7 Å². The van der Waals surface area contributed by atoms with E-state index in [0.29, 0.717) is 11.8 Å². The predicted octanol–water partition coefficient (Wildman–Crippen LogP) is 7.85. The highest BCUT2D eigenvalue weighted by molar-refractivity contribution is 5.94. The first-order chi connectivity index (χ1) is 21.1. The van der Waals surface area contributed by atoms with E-state index in [1.165, 1.54) is 24.8 Å². The molecule has 0 spiro atoms. The third kappa shape index (κ3) is 5.34. The SMILES string of the molecule is O=C(Nc1cccc(-c2cnc(C3CCOCC3)o2)c1CC12CCC(c3nc(C4CC4)no3)(CC1)CC2)C1CCCCC1. The highest BCUT2D eigenvalue weighted by Crippen LogP contribution is 2.59. The summed E-state index contributed by atoms with van der Waals surface area (Å²) in [6.45, 7) is 1.51. The smallest absolute Gasteiger partial charge is 0.232 e. The van der Waals surface area contributed by atoms with E-state index >= 15 is 0 Å². The van der Waals surface area contributed by atoms with Gasteiger partial charge in [-0.1, -0.05) is 36.6 Å². The van der Waals surface area contributed by atoms with Crippen LogP contribution in [-0.4, -0.2) is 34.2 Å². The number of aromatic nitrogens is 3. The largest absolute Gasteiger partial charge is 0.440 e. The zero-order valence-electron chi connectivity index (χ0n) is 25.2. The second-order valence-corrected chi connectivity index (χ2v) is 14.3. The summed E-state index contributed by atoms with van der Waals surface area (Å²) in [5.41, 5.74) is 3.42. The molecule has 1 aromatic carbocycles. The number of nitrogens with one attached hydrogen (secondary N) is 1. The molecule has 5 aliphatic carbocycles. The van der Waals surface area contributed by atoms with Crippen LogP contribution >= 0.6 is 0 Å². The van der Waals surface area contributed by atoms with E-state index in [9.17, 15) is 4.79 Å². The van der Waals surface area contributed by atoms with Crippen molar-refractivity contribution >= 4 is 11.6 Å². The molecule has 0 radical (unpaired) electrons. The fourth-order valence-corrected chi connectivity index (χ4v) is 8.45. The third-order valence-electron chi connectivity index (χ3n) is 11.6. The molecular weight excluding hydrogens is 540 g/mol. The van der Waals surface area contributed by atoms with Crippen molar-refractivity contribution in [3.05, 3.63) is 47.6 Å². The molecule has 1 saturated heterocycles. The molecule has 6 fully saturated rings. The van der Waals surface area contributed by atoms with Gasteiger partial charge in [-0.25, -0.2) is 4.98 Å². The standard InChI is InChI=1S/C35H44N4O4/c40-31(24-5-2-1-3-6-24)37-28-8-4-7-26(29-22-36-32(42-29)25-11-19-41-20-12-25)27(28)21-34-13-16-35(17-14-34,18-15-34)33-38-30(39-43-33)23-9-10-23/h4,7-8,22-25H,1-3,5-6,9-21H2,(H,37,40). The minimum Gasteiger partial charge on any atom is -0.440 e. The van der Waals surface area contributed by atoms with E-state index in [-0.39, 0.29) is 22.7 Å². The second kappa shape index (κ2) is 11.2. The Kier molecular flexibility index (Phi) is 7.16. The molecular formula is C35H44N4O4. The molecule has 3 aromatic rings. The maximum Gasteiger partial charge on any atom is 0.232 e. The molecule has 5 saturated carbocycles. The molecule has 0 unspecified atom stereocenters. The molecule has 43 heavy (non-hydrogen) atoms. The third-order valence-corrected chi connectivity index (χ3v) is 11.6. The van der Waals surface area contributed by atoms with Gasteiger partial charge >= 0.3 is 0 Å². The Morgan fingerprint density at radius 2 is 1.67 bits per heavy atom. The summed E-state index contributed by atoms with van der Waals surface area (Å²) in [6, 6.07) is 6.31. The molecule has 6 aliphatic rings. The van der Waals surface area contributed by atoms with Crippen LogP contribution in [0.1, 0.15) is 131 Å². The number of oxazole rings is 1. The monoisotopic (exact) mass is 584 g/mol. The van der Waals surface area contributed by atoms with Crippen molar-refractivity contribution in [1.29, 1.82) is 0 Å². The molecule has 3 heterocycles. The molecule has 9 rings (SSSR count). The van der Waals surface area contributed by atoms with Crippen LogP contribution in [0.5, 0.6) is 0 Å². The van der Waals surface area contributed by atoms with Crippen LogP contribution in [0.3, 0.4) is 0 Å². The van der Waals surface area contributed by atoms with Gasteiger partial charge in [0.05, 0.1) is 6.20 Å². The van der Waals surface area contributed by atoms with Gasteiger partial charge in [-0.15, -0.1) is 0 Å². The summed E-state index contributed by atoms with van der Waals surface area (Å²) in [7, 11) is 0. The minimum absolute atomic E-state index is 0.0307. The molecule has 8 heteroatoms. The number of amides is 1. The molecule has 8 nitrogen and oxygen atoms in total. The zero-order valence-corrected chi connectivity index (χ0v) is 25.2. The van der Waals surface area contributed by atoms with Crippen LogP contribution < -0.4 is 5.32 Å². The van der Waals surface area contributed by atoms with E-state index < -0.39 is 0 Å². The van der Waals surface area contributed by atoms with Gasteiger partial charge in [0, 0.05) is 47.6 Å². The van der Waals surface area contributed by atoms with Crippen molar-refractivity contribution in [3.8, 4) is 11.3 Å². The number of rotatable bonds is 8. The summed E-state index contributed by atoms with van der Waals surface area (Å²) in [6.07, 6.45) is 19.2. The number of ether oxygens (including phenoxy) is 1. The lowest BCUT2D eigenvalue weighted by atomic mass is 9.52.